The predicted molar refractivity (Wildman–Crippen MR) is 63.1 cm³/mol. The first-order valence-corrected chi connectivity index (χ1v) is 6.61. The Kier molecular flexibility index (Phi) is 2.25. The van der Waals surface area contributed by atoms with Crippen molar-refractivity contribution in [2.45, 2.75) is 38.6 Å². The highest BCUT2D eigenvalue weighted by atomic mass is 16.2. The quantitative estimate of drug-likeness (QED) is 0.787. The van der Waals surface area contributed by atoms with Gasteiger partial charge >= 0.3 is 0 Å². The SMILES string of the molecule is CC1CC1CN1CC(=O)NC(C)(C2CC2)C1=O. The zero-order valence-corrected chi connectivity index (χ0v) is 10.5. The number of hydrogen-bond donors (Lipinski definition) is 1. The van der Waals surface area contributed by atoms with Crippen molar-refractivity contribution >= 4 is 11.8 Å². The fraction of sp³-hybridized carbons (Fsp3) is 0.846. The number of carbonyl (C=O) groups is 2. The molecule has 4 heteroatoms. The van der Waals surface area contributed by atoms with Crippen LogP contribution in [0.2, 0.25) is 0 Å². The highest BCUT2D eigenvalue weighted by Crippen LogP contribution is 2.43. The van der Waals surface area contributed by atoms with Crippen LogP contribution in [0.3, 0.4) is 0 Å². The van der Waals surface area contributed by atoms with Gasteiger partial charge in [0.15, 0.2) is 0 Å². The van der Waals surface area contributed by atoms with Gasteiger partial charge in [-0.2, -0.15) is 0 Å². The van der Waals surface area contributed by atoms with E-state index in [0.29, 0.717) is 11.8 Å². The minimum atomic E-state index is -0.618. The normalized spacial score (nSPS) is 41.4. The van der Waals surface area contributed by atoms with E-state index >= 15 is 0 Å². The zero-order valence-electron chi connectivity index (χ0n) is 10.5. The van der Waals surface area contributed by atoms with E-state index in [0.717, 1.165) is 25.3 Å². The van der Waals surface area contributed by atoms with Gasteiger partial charge in [0.2, 0.25) is 11.8 Å². The van der Waals surface area contributed by atoms with Crippen molar-refractivity contribution in [1.29, 1.82) is 0 Å². The van der Waals surface area contributed by atoms with Crippen LogP contribution in [0, 0.1) is 17.8 Å². The van der Waals surface area contributed by atoms with Gasteiger partial charge in [-0.1, -0.05) is 6.92 Å². The summed E-state index contributed by atoms with van der Waals surface area (Å²) in [6.45, 7) is 5.13. The number of carbonyl (C=O) groups excluding carboxylic acids is 2. The third kappa shape index (κ3) is 1.83. The molecule has 1 heterocycles. The lowest BCUT2D eigenvalue weighted by molar-refractivity contribution is -0.150. The molecule has 3 aliphatic rings. The van der Waals surface area contributed by atoms with Gasteiger partial charge in [0, 0.05) is 6.54 Å². The van der Waals surface area contributed by atoms with Gasteiger partial charge in [-0.25, -0.2) is 0 Å². The van der Waals surface area contributed by atoms with Crippen LogP contribution >= 0.6 is 0 Å². The molecule has 3 atom stereocenters. The summed E-state index contributed by atoms with van der Waals surface area (Å²) in [5, 5.41) is 2.91. The molecule has 0 aromatic heterocycles. The number of hydrogen-bond acceptors (Lipinski definition) is 2. The van der Waals surface area contributed by atoms with Gasteiger partial charge in [-0.05, 0) is 43.9 Å². The van der Waals surface area contributed by atoms with Crippen molar-refractivity contribution in [2.24, 2.45) is 17.8 Å². The summed E-state index contributed by atoms with van der Waals surface area (Å²) in [5.41, 5.74) is -0.618. The molecular formula is C13H20N2O2. The molecule has 1 saturated heterocycles. The zero-order chi connectivity index (χ0) is 12.2. The van der Waals surface area contributed by atoms with Crippen molar-refractivity contribution in [3.8, 4) is 0 Å². The molecule has 0 aromatic rings. The molecule has 0 aromatic carbocycles. The summed E-state index contributed by atoms with van der Waals surface area (Å²) in [6, 6.07) is 0. The lowest BCUT2D eigenvalue weighted by atomic mass is 9.91. The number of amides is 2. The van der Waals surface area contributed by atoms with Crippen molar-refractivity contribution in [2.75, 3.05) is 13.1 Å². The van der Waals surface area contributed by atoms with Gasteiger partial charge < -0.3 is 10.2 Å². The van der Waals surface area contributed by atoms with E-state index in [4.69, 9.17) is 0 Å². The summed E-state index contributed by atoms with van der Waals surface area (Å²) >= 11 is 0. The van der Waals surface area contributed by atoms with E-state index in [1.54, 1.807) is 4.90 Å². The average molecular weight is 236 g/mol. The maximum absolute atomic E-state index is 12.5. The van der Waals surface area contributed by atoms with Gasteiger partial charge in [-0.15, -0.1) is 0 Å². The molecule has 17 heavy (non-hydrogen) atoms. The largest absolute Gasteiger partial charge is 0.340 e. The predicted octanol–water partition coefficient (Wildman–Crippen LogP) is 0.769. The number of nitrogens with one attached hydrogen (secondary N) is 1. The van der Waals surface area contributed by atoms with Crippen LogP contribution in [-0.4, -0.2) is 35.3 Å². The monoisotopic (exact) mass is 236 g/mol. The van der Waals surface area contributed by atoms with E-state index < -0.39 is 5.54 Å². The first-order chi connectivity index (χ1) is 8.00. The van der Waals surface area contributed by atoms with Gasteiger partial charge in [0.05, 0.1) is 6.54 Å². The molecule has 2 saturated carbocycles. The van der Waals surface area contributed by atoms with Gasteiger partial charge in [-0.3, -0.25) is 9.59 Å². The molecule has 0 bridgehead atoms. The molecule has 1 aliphatic heterocycles. The number of nitrogens with zero attached hydrogens (tertiary/aromatic N) is 1. The lowest BCUT2D eigenvalue weighted by Crippen LogP contribution is -2.66. The minimum absolute atomic E-state index is 0.00676. The highest BCUT2D eigenvalue weighted by molar-refractivity contribution is 5.98. The van der Waals surface area contributed by atoms with Crippen LogP contribution in [0.25, 0.3) is 0 Å². The van der Waals surface area contributed by atoms with Crippen LogP contribution in [-0.2, 0) is 9.59 Å². The molecule has 1 N–H and O–H groups in total. The van der Waals surface area contributed by atoms with Crippen LogP contribution < -0.4 is 5.32 Å². The molecule has 2 amide bonds. The minimum Gasteiger partial charge on any atom is -0.340 e. The molecule has 3 rings (SSSR count). The molecule has 2 aliphatic carbocycles. The Morgan fingerprint density at radius 2 is 2.06 bits per heavy atom. The standard InChI is InChI=1S/C13H20N2O2/c1-8-5-9(8)6-15-7-11(16)14-13(2,12(15)17)10-3-4-10/h8-10H,3-7H2,1-2H3,(H,14,16). The molecule has 3 fully saturated rings. The Labute approximate surface area is 102 Å². The smallest absolute Gasteiger partial charge is 0.248 e. The fourth-order valence-electron chi connectivity index (χ4n) is 2.98. The van der Waals surface area contributed by atoms with E-state index in [2.05, 4.69) is 12.2 Å². The van der Waals surface area contributed by atoms with Gasteiger partial charge in [0.1, 0.15) is 5.54 Å². The first kappa shape index (κ1) is 11.1. The second-order valence-electron chi connectivity index (χ2n) is 6.18. The van der Waals surface area contributed by atoms with E-state index in [1.165, 1.54) is 6.42 Å². The summed E-state index contributed by atoms with van der Waals surface area (Å²) in [4.78, 5) is 26.0. The Balaban J connectivity index is 1.74. The van der Waals surface area contributed by atoms with Crippen LogP contribution in [0.4, 0.5) is 0 Å². The second kappa shape index (κ2) is 3.47. The molecule has 94 valence electrons. The maximum atomic E-state index is 12.5. The Morgan fingerprint density at radius 3 is 2.59 bits per heavy atom. The highest BCUT2D eigenvalue weighted by Gasteiger charge is 2.53. The van der Waals surface area contributed by atoms with E-state index in [9.17, 15) is 9.59 Å². The van der Waals surface area contributed by atoms with E-state index in [-0.39, 0.29) is 18.4 Å². The van der Waals surface area contributed by atoms with Crippen LogP contribution in [0.15, 0.2) is 0 Å². The van der Waals surface area contributed by atoms with Crippen molar-refractivity contribution < 1.29 is 9.59 Å². The van der Waals surface area contributed by atoms with Crippen LogP contribution in [0.1, 0.15) is 33.1 Å². The number of piperazine rings is 1. The Hall–Kier alpha value is -1.06. The topological polar surface area (TPSA) is 49.4 Å². The lowest BCUT2D eigenvalue weighted by Gasteiger charge is -2.40. The van der Waals surface area contributed by atoms with Crippen molar-refractivity contribution in [3.05, 3.63) is 0 Å². The van der Waals surface area contributed by atoms with Gasteiger partial charge in [0.25, 0.3) is 0 Å². The molecule has 3 unspecified atom stereocenters. The average Bonchev–Trinajstić information content (AvgIpc) is 3.11. The summed E-state index contributed by atoms with van der Waals surface area (Å²) in [5.74, 6) is 1.85. The summed E-state index contributed by atoms with van der Waals surface area (Å²) in [6.07, 6.45) is 3.33. The first-order valence-electron chi connectivity index (χ1n) is 6.61. The van der Waals surface area contributed by atoms with E-state index in [1.807, 2.05) is 6.92 Å². The number of rotatable bonds is 3. The third-order valence-corrected chi connectivity index (χ3v) is 4.59. The molecule has 0 radical (unpaired) electrons. The fourth-order valence-corrected chi connectivity index (χ4v) is 2.98. The Bertz CT molecular complexity index is 378. The third-order valence-electron chi connectivity index (χ3n) is 4.59. The molecule has 0 spiro atoms. The second-order valence-corrected chi connectivity index (χ2v) is 6.18. The summed E-state index contributed by atoms with van der Waals surface area (Å²) < 4.78 is 0. The molecule has 4 nitrogen and oxygen atoms in total. The molecular weight excluding hydrogens is 216 g/mol. The maximum Gasteiger partial charge on any atom is 0.248 e. The summed E-state index contributed by atoms with van der Waals surface area (Å²) in [7, 11) is 0. The van der Waals surface area contributed by atoms with Crippen molar-refractivity contribution in [1.82, 2.24) is 10.2 Å². The van der Waals surface area contributed by atoms with Crippen LogP contribution in [0.5, 0.6) is 0 Å². The Morgan fingerprint density at radius 1 is 1.41 bits per heavy atom. The van der Waals surface area contributed by atoms with Crippen molar-refractivity contribution in [3.63, 3.8) is 0 Å².